The maximum absolute atomic E-state index is 12.9. The predicted octanol–water partition coefficient (Wildman–Crippen LogP) is 5.97. The first-order valence-corrected chi connectivity index (χ1v) is 13.1. The summed E-state index contributed by atoms with van der Waals surface area (Å²) in [6.45, 7) is 4.94. The van der Waals surface area contributed by atoms with Gasteiger partial charge in [-0.05, 0) is 54.7 Å². The lowest BCUT2D eigenvalue weighted by atomic mass is 9.96. The first-order chi connectivity index (χ1) is 16.4. The summed E-state index contributed by atoms with van der Waals surface area (Å²) in [5.41, 5.74) is -0.303. The van der Waals surface area contributed by atoms with Crippen molar-refractivity contribution < 1.29 is 30.6 Å². The molecule has 0 heterocycles. The van der Waals surface area contributed by atoms with E-state index in [2.05, 4.69) is 5.32 Å². The third kappa shape index (κ3) is 7.88. The molecule has 1 aliphatic rings. The summed E-state index contributed by atoms with van der Waals surface area (Å²) in [4.78, 5) is 14.0. The van der Waals surface area contributed by atoms with E-state index in [0.29, 0.717) is 19.2 Å². The van der Waals surface area contributed by atoms with Gasteiger partial charge in [0.25, 0.3) is 0 Å². The van der Waals surface area contributed by atoms with Crippen molar-refractivity contribution in [1.29, 1.82) is 0 Å². The molecule has 0 bridgehead atoms. The Morgan fingerprint density at radius 1 is 1.09 bits per heavy atom. The number of amides is 2. The summed E-state index contributed by atoms with van der Waals surface area (Å²) >= 11 is 0. The zero-order valence-electron chi connectivity index (χ0n) is 19.8. The monoisotopic (exact) mass is 512 g/mol. The molecule has 10 heteroatoms. The van der Waals surface area contributed by atoms with Crippen LogP contribution in [0.2, 0.25) is 0 Å². The van der Waals surface area contributed by atoms with E-state index in [1.165, 1.54) is 18.6 Å². The minimum Gasteiger partial charge on any atom is -0.379 e. The zero-order valence-corrected chi connectivity index (χ0v) is 20.7. The second-order valence-corrected chi connectivity index (χ2v) is 10.8. The van der Waals surface area contributed by atoms with E-state index in [-0.39, 0.29) is 23.7 Å². The largest absolute Gasteiger partial charge is 0.416 e. The second-order valence-electron chi connectivity index (χ2n) is 9.27. The van der Waals surface area contributed by atoms with E-state index in [4.69, 9.17) is 4.18 Å². The van der Waals surface area contributed by atoms with E-state index in [1.54, 1.807) is 17.0 Å². The summed E-state index contributed by atoms with van der Waals surface area (Å²) in [7, 11) is -4.45. The molecule has 2 amide bonds. The molecule has 0 spiro atoms. The molecule has 1 saturated carbocycles. The number of rotatable bonds is 8. The summed E-state index contributed by atoms with van der Waals surface area (Å²) in [6.07, 6.45) is 0.708. The van der Waals surface area contributed by atoms with Gasteiger partial charge in [-0.15, -0.1) is 0 Å². The smallest absolute Gasteiger partial charge is 0.379 e. The van der Waals surface area contributed by atoms with Crippen molar-refractivity contribution >= 4 is 16.1 Å². The normalized spacial score (nSPS) is 15.1. The standard InChI is InChI=1S/C25H31F3N2O4S/c1-18(2)16-30(24(31)29-21-8-4-3-5-9-21)17-19-11-13-22(14-12-19)34-35(32,33)23-10-6-7-20(15-23)25(26,27)28/h6-7,10-15,18,21H,3-5,8-9,16-17H2,1-2H3,(H,29,31). The number of nitrogens with zero attached hydrogens (tertiary/aromatic N) is 1. The Morgan fingerprint density at radius 3 is 2.34 bits per heavy atom. The molecule has 2 aromatic carbocycles. The van der Waals surface area contributed by atoms with Crippen molar-refractivity contribution in [1.82, 2.24) is 10.2 Å². The van der Waals surface area contributed by atoms with Gasteiger partial charge in [-0.2, -0.15) is 21.6 Å². The maximum Gasteiger partial charge on any atom is 0.416 e. The predicted molar refractivity (Wildman–Crippen MR) is 126 cm³/mol. The lowest BCUT2D eigenvalue weighted by Gasteiger charge is -2.29. The molecule has 0 unspecified atom stereocenters. The van der Waals surface area contributed by atoms with Gasteiger partial charge in [0, 0.05) is 19.1 Å². The second kappa shape index (κ2) is 11.3. The Morgan fingerprint density at radius 2 is 1.74 bits per heavy atom. The fraction of sp³-hybridized carbons (Fsp3) is 0.480. The van der Waals surface area contributed by atoms with Crippen LogP contribution in [0.4, 0.5) is 18.0 Å². The summed E-state index contributed by atoms with van der Waals surface area (Å²) in [6, 6.07) is 9.58. The van der Waals surface area contributed by atoms with Gasteiger partial charge in [0.05, 0.1) is 5.56 Å². The van der Waals surface area contributed by atoms with E-state index in [1.807, 2.05) is 13.8 Å². The van der Waals surface area contributed by atoms with Crippen molar-refractivity contribution in [3.63, 3.8) is 0 Å². The summed E-state index contributed by atoms with van der Waals surface area (Å²) < 4.78 is 68.8. The van der Waals surface area contributed by atoms with Crippen LogP contribution in [0.25, 0.3) is 0 Å². The highest BCUT2D eigenvalue weighted by Crippen LogP contribution is 2.31. The van der Waals surface area contributed by atoms with Crippen molar-refractivity contribution in [2.24, 2.45) is 5.92 Å². The van der Waals surface area contributed by atoms with Gasteiger partial charge in [-0.25, -0.2) is 4.79 Å². The average Bonchev–Trinajstić information content (AvgIpc) is 2.79. The van der Waals surface area contributed by atoms with Crippen LogP contribution in [0.3, 0.4) is 0 Å². The first kappa shape index (κ1) is 26.8. The molecular formula is C25H31F3N2O4S. The number of alkyl halides is 3. The van der Waals surface area contributed by atoms with Crippen LogP contribution in [0.5, 0.6) is 5.75 Å². The zero-order chi connectivity index (χ0) is 25.6. The van der Waals surface area contributed by atoms with Gasteiger partial charge in [0.1, 0.15) is 10.6 Å². The molecule has 6 nitrogen and oxygen atoms in total. The van der Waals surface area contributed by atoms with Crippen LogP contribution >= 0.6 is 0 Å². The minimum absolute atomic E-state index is 0.0340. The Labute approximate surface area is 204 Å². The van der Waals surface area contributed by atoms with Gasteiger partial charge < -0.3 is 14.4 Å². The van der Waals surface area contributed by atoms with Crippen molar-refractivity contribution in [2.75, 3.05) is 6.54 Å². The molecule has 0 aromatic heterocycles. The molecule has 1 fully saturated rings. The van der Waals surface area contributed by atoms with Gasteiger partial charge in [0.2, 0.25) is 0 Å². The van der Waals surface area contributed by atoms with Gasteiger partial charge in [-0.3, -0.25) is 0 Å². The fourth-order valence-corrected chi connectivity index (χ4v) is 5.02. The Kier molecular flexibility index (Phi) is 8.69. The number of carbonyl (C=O) groups excluding carboxylic acids is 1. The third-order valence-electron chi connectivity index (χ3n) is 5.76. The highest BCUT2D eigenvalue weighted by molar-refractivity contribution is 7.87. The number of hydrogen-bond acceptors (Lipinski definition) is 4. The van der Waals surface area contributed by atoms with Crippen LogP contribution in [0.1, 0.15) is 57.1 Å². The summed E-state index contributed by atoms with van der Waals surface area (Å²) in [5, 5.41) is 3.12. The van der Waals surface area contributed by atoms with Crippen LogP contribution in [0.15, 0.2) is 53.4 Å². The number of benzene rings is 2. The number of hydrogen-bond donors (Lipinski definition) is 1. The van der Waals surface area contributed by atoms with E-state index in [9.17, 15) is 26.4 Å². The van der Waals surface area contributed by atoms with Crippen molar-refractivity contribution in [2.45, 2.75) is 69.6 Å². The molecule has 192 valence electrons. The summed E-state index contributed by atoms with van der Waals surface area (Å²) in [5.74, 6) is 0.223. The van der Waals surface area contributed by atoms with Gasteiger partial charge in [0.15, 0.2) is 0 Å². The quantitative estimate of drug-likeness (QED) is 0.442. The van der Waals surface area contributed by atoms with E-state index >= 15 is 0 Å². The van der Waals surface area contributed by atoms with Crippen molar-refractivity contribution in [3.05, 3.63) is 59.7 Å². The van der Waals surface area contributed by atoms with Gasteiger partial charge >= 0.3 is 22.3 Å². The fourth-order valence-electron chi connectivity index (χ4n) is 4.05. The molecule has 2 aromatic rings. The highest BCUT2D eigenvalue weighted by atomic mass is 32.2. The molecule has 1 aliphatic carbocycles. The first-order valence-electron chi connectivity index (χ1n) is 11.7. The van der Waals surface area contributed by atoms with E-state index < -0.39 is 26.8 Å². The van der Waals surface area contributed by atoms with Crippen LogP contribution < -0.4 is 9.50 Å². The SMILES string of the molecule is CC(C)CN(Cc1ccc(OS(=O)(=O)c2cccc(C(F)(F)F)c2)cc1)C(=O)NC1CCCCC1. The third-order valence-corrected chi connectivity index (χ3v) is 7.00. The molecule has 3 rings (SSSR count). The number of urea groups is 1. The van der Waals surface area contributed by atoms with Gasteiger partial charge in [-0.1, -0.05) is 51.3 Å². The number of halogens is 3. The minimum atomic E-state index is -4.67. The van der Waals surface area contributed by atoms with Crippen LogP contribution in [-0.4, -0.2) is 31.9 Å². The lowest BCUT2D eigenvalue weighted by molar-refractivity contribution is -0.137. The topological polar surface area (TPSA) is 75.7 Å². The highest BCUT2D eigenvalue weighted by Gasteiger charge is 2.32. The van der Waals surface area contributed by atoms with E-state index in [0.717, 1.165) is 49.4 Å². The maximum atomic E-state index is 12.9. The van der Waals surface area contributed by atoms with Crippen LogP contribution in [-0.2, 0) is 22.8 Å². The lowest BCUT2D eigenvalue weighted by Crippen LogP contribution is -2.46. The Balaban J connectivity index is 1.68. The molecule has 0 radical (unpaired) electrons. The Hall–Kier alpha value is -2.75. The molecule has 35 heavy (non-hydrogen) atoms. The average molecular weight is 513 g/mol. The molecule has 0 atom stereocenters. The van der Waals surface area contributed by atoms with Crippen LogP contribution in [0, 0.1) is 5.92 Å². The number of carbonyl (C=O) groups is 1. The van der Waals surface area contributed by atoms with Crippen molar-refractivity contribution in [3.8, 4) is 5.75 Å². The number of nitrogens with one attached hydrogen (secondary N) is 1. The molecule has 0 aliphatic heterocycles. The Bertz CT molecular complexity index is 1100. The molecule has 0 saturated heterocycles. The molecule has 1 N–H and O–H groups in total. The molecular weight excluding hydrogens is 481 g/mol.